The number of nitrogens with one attached hydrogen (secondary N) is 2. The normalized spacial score (nSPS) is 11.9. The summed E-state index contributed by atoms with van der Waals surface area (Å²) in [6.07, 6.45) is 0.432. The molecule has 0 aliphatic carbocycles. The van der Waals surface area contributed by atoms with Crippen molar-refractivity contribution in [2.75, 3.05) is 6.54 Å². The minimum atomic E-state index is -1.63. The minimum absolute atomic E-state index is 0.196. The molecule has 2 amide bonds. The van der Waals surface area contributed by atoms with Crippen LogP contribution in [-0.4, -0.2) is 41.5 Å². The first-order valence-corrected chi connectivity index (χ1v) is 7.78. The Balaban J connectivity index is 2.51. The Labute approximate surface area is 138 Å². The van der Waals surface area contributed by atoms with Crippen molar-refractivity contribution in [1.82, 2.24) is 10.6 Å². The van der Waals surface area contributed by atoms with E-state index in [9.17, 15) is 19.6 Å². The molecule has 0 fully saturated rings. The monoisotopic (exact) mass is 370 g/mol. The van der Waals surface area contributed by atoms with E-state index in [0.29, 0.717) is 16.5 Å². The van der Waals surface area contributed by atoms with Crippen LogP contribution in [0.25, 0.3) is 0 Å². The fourth-order valence-electron chi connectivity index (χ4n) is 1.92. The highest BCUT2D eigenvalue weighted by molar-refractivity contribution is 9.10. The van der Waals surface area contributed by atoms with Gasteiger partial charge < -0.3 is 20.7 Å². The first kappa shape index (κ1) is 18.7. The van der Waals surface area contributed by atoms with E-state index in [0.717, 1.165) is 0 Å². The van der Waals surface area contributed by atoms with E-state index in [2.05, 4.69) is 26.6 Å². The van der Waals surface area contributed by atoms with Gasteiger partial charge in [0, 0.05) is 4.47 Å². The molecule has 8 heteroatoms. The van der Waals surface area contributed by atoms with E-state index in [1.807, 2.05) is 13.8 Å². The van der Waals surface area contributed by atoms with Crippen LogP contribution in [0.2, 0.25) is 0 Å². The molecule has 0 saturated heterocycles. The molecule has 0 aromatic heterocycles. The van der Waals surface area contributed by atoms with Crippen molar-refractivity contribution in [2.45, 2.75) is 26.2 Å². The molecule has 0 bridgehead atoms. The average Bonchev–Trinajstić information content (AvgIpc) is 2.44. The SMILES string of the molecule is CC(C)CC(NC(=O)CNC(=O)c1ccccc1Br)B(O)O. The minimum Gasteiger partial charge on any atom is -0.426 e. The zero-order valence-corrected chi connectivity index (χ0v) is 14.1. The largest absolute Gasteiger partial charge is 0.475 e. The van der Waals surface area contributed by atoms with E-state index >= 15 is 0 Å². The summed E-state index contributed by atoms with van der Waals surface area (Å²) in [5, 5.41) is 23.5. The smallest absolute Gasteiger partial charge is 0.426 e. The van der Waals surface area contributed by atoms with Crippen molar-refractivity contribution in [2.24, 2.45) is 5.92 Å². The topological polar surface area (TPSA) is 98.7 Å². The maximum atomic E-state index is 11.9. The number of hydrogen-bond donors (Lipinski definition) is 4. The molecule has 120 valence electrons. The van der Waals surface area contributed by atoms with Crippen molar-refractivity contribution >= 4 is 34.9 Å². The van der Waals surface area contributed by atoms with Crippen LogP contribution in [0.5, 0.6) is 0 Å². The van der Waals surface area contributed by atoms with Gasteiger partial charge in [0.1, 0.15) is 0 Å². The Hall–Kier alpha value is -1.38. The van der Waals surface area contributed by atoms with Gasteiger partial charge in [-0.05, 0) is 40.4 Å². The van der Waals surface area contributed by atoms with E-state index in [1.54, 1.807) is 24.3 Å². The third-order valence-electron chi connectivity index (χ3n) is 2.96. The highest BCUT2D eigenvalue weighted by Gasteiger charge is 2.26. The second-order valence-corrected chi connectivity index (χ2v) is 6.23. The fraction of sp³-hybridized carbons (Fsp3) is 0.429. The van der Waals surface area contributed by atoms with Crippen LogP contribution in [0.4, 0.5) is 0 Å². The van der Waals surface area contributed by atoms with Gasteiger partial charge >= 0.3 is 7.12 Å². The maximum absolute atomic E-state index is 11.9. The Morgan fingerprint density at radius 3 is 2.45 bits per heavy atom. The Morgan fingerprint density at radius 2 is 1.91 bits per heavy atom. The molecule has 0 spiro atoms. The molecule has 1 unspecified atom stereocenters. The third kappa shape index (κ3) is 6.17. The van der Waals surface area contributed by atoms with Gasteiger partial charge in [0.15, 0.2) is 0 Å². The lowest BCUT2D eigenvalue weighted by molar-refractivity contribution is -0.120. The molecule has 0 heterocycles. The lowest BCUT2D eigenvalue weighted by Gasteiger charge is -2.19. The maximum Gasteiger partial charge on any atom is 0.475 e. The number of halogens is 1. The van der Waals surface area contributed by atoms with Gasteiger partial charge in [-0.1, -0.05) is 26.0 Å². The van der Waals surface area contributed by atoms with Crippen LogP contribution >= 0.6 is 15.9 Å². The fourth-order valence-corrected chi connectivity index (χ4v) is 2.39. The highest BCUT2D eigenvalue weighted by atomic mass is 79.9. The Morgan fingerprint density at radius 1 is 1.27 bits per heavy atom. The first-order chi connectivity index (χ1) is 10.3. The standard InChI is InChI=1S/C14H20BBrN2O4/c1-9(2)7-12(15(21)22)18-13(19)8-17-14(20)10-5-3-4-6-11(10)16/h3-6,9,12,21-22H,7-8H2,1-2H3,(H,17,20)(H,18,19). The zero-order valence-electron chi connectivity index (χ0n) is 12.5. The van der Waals surface area contributed by atoms with Crippen LogP contribution in [0.1, 0.15) is 30.6 Å². The molecule has 1 aromatic rings. The summed E-state index contributed by atoms with van der Waals surface area (Å²) < 4.78 is 0.636. The zero-order chi connectivity index (χ0) is 16.7. The molecule has 0 aliphatic rings. The summed E-state index contributed by atoms with van der Waals surface area (Å²) in [7, 11) is -1.63. The van der Waals surface area contributed by atoms with Crippen molar-refractivity contribution in [3.8, 4) is 0 Å². The van der Waals surface area contributed by atoms with E-state index in [4.69, 9.17) is 0 Å². The molecule has 6 nitrogen and oxygen atoms in total. The summed E-state index contributed by atoms with van der Waals surface area (Å²) in [5.41, 5.74) is 0.427. The van der Waals surface area contributed by atoms with Crippen molar-refractivity contribution in [3.63, 3.8) is 0 Å². The molecular weight excluding hydrogens is 351 g/mol. The molecule has 0 aliphatic heterocycles. The summed E-state index contributed by atoms with van der Waals surface area (Å²) in [5.74, 6) is -1.42. The van der Waals surface area contributed by atoms with E-state index in [-0.39, 0.29) is 18.4 Å². The lowest BCUT2D eigenvalue weighted by Crippen LogP contribution is -2.50. The molecule has 0 radical (unpaired) electrons. The number of hydrogen-bond acceptors (Lipinski definition) is 4. The molecule has 22 heavy (non-hydrogen) atoms. The number of amides is 2. The average molecular weight is 371 g/mol. The van der Waals surface area contributed by atoms with Gasteiger partial charge in [-0.15, -0.1) is 0 Å². The predicted octanol–water partition coefficient (Wildman–Crippen LogP) is 0.722. The number of benzene rings is 1. The van der Waals surface area contributed by atoms with Gasteiger partial charge in [0.05, 0.1) is 18.0 Å². The van der Waals surface area contributed by atoms with Crippen molar-refractivity contribution < 1.29 is 19.6 Å². The summed E-state index contributed by atoms with van der Waals surface area (Å²) >= 11 is 3.26. The van der Waals surface area contributed by atoms with Gasteiger partial charge in [0.2, 0.25) is 5.91 Å². The molecule has 1 aromatic carbocycles. The summed E-state index contributed by atoms with van der Waals surface area (Å²) in [6.45, 7) is 3.59. The van der Waals surface area contributed by atoms with E-state index in [1.165, 1.54) is 0 Å². The van der Waals surface area contributed by atoms with Crippen molar-refractivity contribution in [3.05, 3.63) is 34.3 Å². The molecule has 4 N–H and O–H groups in total. The van der Waals surface area contributed by atoms with Crippen LogP contribution < -0.4 is 10.6 Å². The molecule has 0 saturated carbocycles. The quantitative estimate of drug-likeness (QED) is 0.531. The van der Waals surface area contributed by atoms with Crippen LogP contribution in [0.15, 0.2) is 28.7 Å². The predicted molar refractivity (Wildman–Crippen MR) is 88.1 cm³/mol. The lowest BCUT2D eigenvalue weighted by atomic mass is 9.75. The molecular formula is C14H20BBrN2O4. The summed E-state index contributed by atoms with van der Waals surface area (Å²) in [6, 6.07) is 6.87. The summed E-state index contributed by atoms with van der Waals surface area (Å²) in [4.78, 5) is 23.7. The van der Waals surface area contributed by atoms with Gasteiger partial charge in [-0.3, -0.25) is 9.59 Å². The number of rotatable bonds is 7. The first-order valence-electron chi connectivity index (χ1n) is 6.99. The van der Waals surface area contributed by atoms with E-state index < -0.39 is 19.0 Å². The molecule has 1 rings (SSSR count). The second kappa shape index (κ2) is 8.92. The number of carbonyl (C=O) groups excluding carboxylic acids is 2. The van der Waals surface area contributed by atoms with Gasteiger partial charge in [-0.25, -0.2) is 0 Å². The third-order valence-corrected chi connectivity index (χ3v) is 3.65. The van der Waals surface area contributed by atoms with Crippen molar-refractivity contribution in [1.29, 1.82) is 0 Å². The molecule has 1 atom stereocenters. The Bertz CT molecular complexity index is 525. The Kier molecular flexibility index (Phi) is 7.57. The van der Waals surface area contributed by atoms with Crippen LogP contribution in [-0.2, 0) is 4.79 Å². The highest BCUT2D eigenvalue weighted by Crippen LogP contribution is 2.15. The van der Waals surface area contributed by atoms with Gasteiger partial charge in [0.25, 0.3) is 5.91 Å². The number of carbonyl (C=O) groups is 2. The van der Waals surface area contributed by atoms with Gasteiger partial charge in [-0.2, -0.15) is 0 Å². The second-order valence-electron chi connectivity index (χ2n) is 5.38. The van der Waals surface area contributed by atoms with Crippen LogP contribution in [0, 0.1) is 5.92 Å². The van der Waals surface area contributed by atoms with Crippen LogP contribution in [0.3, 0.4) is 0 Å².